The Morgan fingerprint density at radius 1 is 1.50 bits per heavy atom. The molecule has 3 nitrogen and oxygen atoms in total. The van der Waals surface area contributed by atoms with Gasteiger partial charge in [-0.15, -0.1) is 0 Å². The van der Waals surface area contributed by atoms with E-state index in [1.807, 2.05) is 0 Å². The zero-order valence-electron chi connectivity index (χ0n) is 7.71. The molecule has 0 aliphatic carbocycles. The molecule has 0 radical (unpaired) electrons. The molecule has 14 heavy (non-hydrogen) atoms. The molecule has 1 N–H and O–H groups in total. The lowest BCUT2D eigenvalue weighted by atomic mass is 10.3. The van der Waals surface area contributed by atoms with Crippen molar-refractivity contribution >= 4 is 5.97 Å². The molecule has 0 bridgehead atoms. The highest BCUT2D eigenvalue weighted by atomic mass is 19.4. The zero-order valence-corrected chi connectivity index (χ0v) is 7.71. The first-order valence-electron chi connectivity index (χ1n) is 3.96. The van der Waals surface area contributed by atoms with E-state index in [-0.39, 0.29) is 13.1 Å². The Balaban J connectivity index is 3.66. The fourth-order valence-corrected chi connectivity index (χ4v) is 0.742. The summed E-state index contributed by atoms with van der Waals surface area (Å²) in [6.07, 6.45) is -2.84. The third-order valence-electron chi connectivity index (χ3n) is 1.45. The summed E-state index contributed by atoms with van der Waals surface area (Å²) in [4.78, 5) is 11.4. The van der Waals surface area contributed by atoms with Gasteiger partial charge in [0.05, 0.1) is 6.42 Å². The predicted octanol–water partition coefficient (Wildman–Crippen LogP) is 1.51. The lowest BCUT2D eigenvalue weighted by Crippen LogP contribution is -2.24. The van der Waals surface area contributed by atoms with E-state index < -0.39 is 18.6 Å². The maximum atomic E-state index is 11.7. The average molecular weight is 211 g/mol. The second kappa shape index (κ2) is 5.64. The maximum Gasteiger partial charge on any atom is 0.390 e. The molecular weight excluding hydrogens is 199 g/mol. The minimum Gasteiger partial charge on any atom is -0.478 e. The van der Waals surface area contributed by atoms with Crippen molar-refractivity contribution in [2.45, 2.75) is 12.6 Å². The summed E-state index contributed by atoms with van der Waals surface area (Å²) in [5.41, 5.74) is 0. The third-order valence-corrected chi connectivity index (χ3v) is 1.45. The van der Waals surface area contributed by atoms with Crippen LogP contribution in [0.1, 0.15) is 6.42 Å². The molecule has 0 aromatic rings. The number of rotatable bonds is 5. The monoisotopic (exact) mass is 211 g/mol. The van der Waals surface area contributed by atoms with Gasteiger partial charge in [-0.25, -0.2) is 4.79 Å². The van der Waals surface area contributed by atoms with Crippen LogP contribution in [0.25, 0.3) is 0 Å². The molecule has 0 fully saturated rings. The summed E-state index contributed by atoms with van der Waals surface area (Å²) in [5.74, 6) is -1.10. The van der Waals surface area contributed by atoms with Crippen LogP contribution in [0.15, 0.2) is 12.2 Å². The van der Waals surface area contributed by atoms with E-state index in [4.69, 9.17) is 5.11 Å². The number of alkyl halides is 3. The van der Waals surface area contributed by atoms with E-state index in [2.05, 4.69) is 0 Å². The van der Waals surface area contributed by atoms with Crippen molar-refractivity contribution in [1.82, 2.24) is 4.90 Å². The fourth-order valence-electron chi connectivity index (χ4n) is 0.742. The van der Waals surface area contributed by atoms with Gasteiger partial charge in [0.15, 0.2) is 0 Å². The van der Waals surface area contributed by atoms with E-state index in [0.29, 0.717) is 0 Å². The van der Waals surface area contributed by atoms with E-state index in [9.17, 15) is 18.0 Å². The van der Waals surface area contributed by atoms with Crippen molar-refractivity contribution in [2.24, 2.45) is 0 Å². The normalized spacial score (nSPS) is 12.6. The van der Waals surface area contributed by atoms with Crippen molar-refractivity contribution < 1.29 is 23.1 Å². The van der Waals surface area contributed by atoms with Gasteiger partial charge in [0, 0.05) is 19.2 Å². The van der Waals surface area contributed by atoms with Crippen LogP contribution in [0, 0.1) is 0 Å². The minimum atomic E-state index is -4.16. The average Bonchev–Trinajstić information content (AvgIpc) is 1.99. The number of halogens is 3. The molecule has 0 unspecified atom stereocenters. The van der Waals surface area contributed by atoms with Crippen molar-refractivity contribution in [3.8, 4) is 0 Å². The number of likely N-dealkylation sites (N-methyl/N-ethyl adjacent to an activating group) is 1. The third kappa shape index (κ3) is 9.05. The number of carbonyl (C=O) groups is 1. The smallest absolute Gasteiger partial charge is 0.390 e. The Labute approximate surface area is 79.8 Å². The molecule has 0 saturated heterocycles. The van der Waals surface area contributed by atoms with Crippen LogP contribution in [0.4, 0.5) is 13.2 Å². The van der Waals surface area contributed by atoms with Gasteiger partial charge in [-0.3, -0.25) is 0 Å². The summed E-state index contributed by atoms with van der Waals surface area (Å²) in [6, 6.07) is 0. The first kappa shape index (κ1) is 13.0. The fraction of sp³-hybridized carbons (Fsp3) is 0.625. The van der Waals surface area contributed by atoms with Crippen LogP contribution in [0.2, 0.25) is 0 Å². The first-order valence-corrected chi connectivity index (χ1v) is 3.96. The molecule has 0 saturated carbocycles. The Morgan fingerprint density at radius 3 is 2.50 bits per heavy atom. The summed E-state index contributed by atoms with van der Waals surface area (Å²) in [7, 11) is 1.50. The van der Waals surface area contributed by atoms with Gasteiger partial charge in [0.25, 0.3) is 0 Å². The highest BCUT2D eigenvalue weighted by molar-refractivity contribution is 5.79. The van der Waals surface area contributed by atoms with Gasteiger partial charge >= 0.3 is 12.1 Å². The van der Waals surface area contributed by atoms with E-state index >= 15 is 0 Å². The van der Waals surface area contributed by atoms with Gasteiger partial charge in [0.1, 0.15) is 0 Å². The molecule has 0 aliphatic rings. The van der Waals surface area contributed by atoms with Crippen molar-refractivity contribution in [1.29, 1.82) is 0 Å². The van der Waals surface area contributed by atoms with Crippen LogP contribution in [0.3, 0.4) is 0 Å². The van der Waals surface area contributed by atoms with Gasteiger partial charge in [0.2, 0.25) is 0 Å². The molecule has 0 rings (SSSR count). The summed E-state index contributed by atoms with van der Waals surface area (Å²) >= 11 is 0. The van der Waals surface area contributed by atoms with Crippen molar-refractivity contribution in [2.75, 3.05) is 20.1 Å². The van der Waals surface area contributed by atoms with Crippen LogP contribution < -0.4 is 0 Å². The topological polar surface area (TPSA) is 40.5 Å². The molecule has 0 heterocycles. The number of hydrogen-bond donors (Lipinski definition) is 1. The predicted molar refractivity (Wildman–Crippen MR) is 44.9 cm³/mol. The minimum absolute atomic E-state index is 0.131. The number of hydrogen-bond acceptors (Lipinski definition) is 2. The molecule has 0 spiro atoms. The summed E-state index contributed by atoms with van der Waals surface area (Å²) in [6.45, 7) is 0.0653. The first-order chi connectivity index (χ1) is 6.31. The number of aliphatic carboxylic acids is 1. The SMILES string of the molecule is CN(CC=CC(=O)O)CCC(F)(F)F. The summed E-state index contributed by atoms with van der Waals surface area (Å²) in [5, 5.41) is 8.20. The molecule has 0 aromatic heterocycles. The highest BCUT2D eigenvalue weighted by Crippen LogP contribution is 2.19. The lowest BCUT2D eigenvalue weighted by molar-refractivity contribution is -0.137. The Hall–Kier alpha value is -1.04. The van der Waals surface area contributed by atoms with Crippen LogP contribution in [-0.2, 0) is 4.79 Å². The Kier molecular flexibility index (Phi) is 5.22. The van der Waals surface area contributed by atoms with E-state index in [1.54, 1.807) is 0 Å². The Morgan fingerprint density at radius 2 is 2.07 bits per heavy atom. The van der Waals surface area contributed by atoms with Crippen LogP contribution in [0.5, 0.6) is 0 Å². The molecule has 0 amide bonds. The molecule has 0 atom stereocenters. The van der Waals surface area contributed by atoms with Crippen molar-refractivity contribution in [3.63, 3.8) is 0 Å². The maximum absolute atomic E-state index is 11.7. The van der Waals surface area contributed by atoms with Gasteiger partial charge in [-0.1, -0.05) is 6.08 Å². The van der Waals surface area contributed by atoms with Gasteiger partial charge in [-0.2, -0.15) is 13.2 Å². The molecule has 0 aromatic carbocycles. The zero-order chi connectivity index (χ0) is 11.2. The molecule has 82 valence electrons. The quantitative estimate of drug-likeness (QED) is 0.701. The van der Waals surface area contributed by atoms with Gasteiger partial charge < -0.3 is 10.0 Å². The van der Waals surface area contributed by atoms with Crippen LogP contribution >= 0.6 is 0 Å². The Bertz CT molecular complexity index is 213. The largest absolute Gasteiger partial charge is 0.478 e. The van der Waals surface area contributed by atoms with Gasteiger partial charge in [-0.05, 0) is 7.05 Å². The highest BCUT2D eigenvalue weighted by Gasteiger charge is 2.26. The molecular formula is C8H12F3NO2. The second-order valence-electron chi connectivity index (χ2n) is 2.87. The summed E-state index contributed by atoms with van der Waals surface area (Å²) < 4.78 is 35.2. The second-order valence-corrected chi connectivity index (χ2v) is 2.87. The molecule has 0 aliphatic heterocycles. The van der Waals surface area contributed by atoms with Crippen molar-refractivity contribution in [3.05, 3.63) is 12.2 Å². The standard InChI is InChI=1S/C8H12F3NO2/c1-12(5-2-3-7(13)14)6-4-8(9,10)11/h2-3H,4-6H2,1H3,(H,13,14). The van der Waals surface area contributed by atoms with E-state index in [0.717, 1.165) is 6.08 Å². The number of nitrogens with zero attached hydrogens (tertiary/aromatic N) is 1. The molecule has 6 heteroatoms. The number of carboxylic acids is 1. The van der Waals surface area contributed by atoms with E-state index in [1.165, 1.54) is 18.0 Å². The lowest BCUT2D eigenvalue weighted by Gasteiger charge is -2.15. The van der Waals surface area contributed by atoms with Crippen LogP contribution in [-0.4, -0.2) is 42.3 Å². The number of carboxylic acid groups (broad SMARTS) is 1.